The fourth-order valence-electron chi connectivity index (χ4n) is 3.81. The lowest BCUT2D eigenvalue weighted by atomic mass is 9.76. The first kappa shape index (κ1) is 20.1. The van der Waals surface area contributed by atoms with Crippen LogP contribution in [-0.2, 0) is 14.4 Å². The molecule has 0 aliphatic carbocycles. The Morgan fingerprint density at radius 2 is 2.04 bits per heavy atom. The van der Waals surface area contributed by atoms with E-state index in [4.69, 9.17) is 0 Å². The van der Waals surface area contributed by atoms with Gasteiger partial charge in [0.2, 0.25) is 5.78 Å². The molecular formula is C20H27N2O4-. The largest absolute Gasteiger partial charge is 0.548 e. The molecule has 2 rings (SSSR count). The van der Waals surface area contributed by atoms with Gasteiger partial charge in [-0.1, -0.05) is 40.2 Å². The number of likely N-dealkylation sites (tertiary alicyclic amines) is 1. The van der Waals surface area contributed by atoms with Crippen molar-refractivity contribution >= 4 is 17.7 Å². The monoisotopic (exact) mass is 359 g/mol. The quantitative estimate of drug-likeness (QED) is 0.691. The number of hydrogen-bond donors (Lipinski definition) is 0. The maximum atomic E-state index is 13.0. The minimum Gasteiger partial charge on any atom is -0.548 e. The molecule has 0 N–H and O–H groups in total. The van der Waals surface area contributed by atoms with Gasteiger partial charge < -0.3 is 14.8 Å². The predicted molar refractivity (Wildman–Crippen MR) is 95.0 cm³/mol. The Kier molecular flexibility index (Phi) is 5.84. The van der Waals surface area contributed by atoms with Crippen molar-refractivity contribution in [1.82, 2.24) is 9.88 Å². The number of hydrogen-bond acceptors (Lipinski definition) is 5. The SMILES string of the molecule is CCC[C@@]1(C(=O)[O-])C(c2cccnc2)CCN1C(=O)C(=O)C(C)(C)CC. The van der Waals surface area contributed by atoms with Gasteiger partial charge in [0.15, 0.2) is 0 Å². The lowest BCUT2D eigenvalue weighted by Gasteiger charge is -2.43. The van der Waals surface area contributed by atoms with Crippen molar-refractivity contribution in [3.63, 3.8) is 0 Å². The number of rotatable bonds is 7. The van der Waals surface area contributed by atoms with E-state index in [1.807, 2.05) is 19.9 Å². The van der Waals surface area contributed by atoms with Crippen LogP contribution in [0.25, 0.3) is 0 Å². The zero-order valence-corrected chi connectivity index (χ0v) is 15.9. The lowest BCUT2D eigenvalue weighted by Crippen LogP contribution is -2.62. The number of carbonyl (C=O) groups excluding carboxylic acids is 3. The molecule has 1 fully saturated rings. The van der Waals surface area contributed by atoms with Crippen LogP contribution in [0.3, 0.4) is 0 Å². The molecule has 0 bridgehead atoms. The summed E-state index contributed by atoms with van der Waals surface area (Å²) >= 11 is 0. The zero-order valence-electron chi connectivity index (χ0n) is 15.9. The molecule has 1 aromatic rings. The first-order valence-electron chi connectivity index (χ1n) is 9.20. The van der Waals surface area contributed by atoms with Gasteiger partial charge in [0.1, 0.15) is 0 Å². The molecule has 0 saturated carbocycles. The molecule has 1 aromatic heterocycles. The lowest BCUT2D eigenvalue weighted by molar-refractivity contribution is -0.318. The zero-order chi connectivity index (χ0) is 19.5. The van der Waals surface area contributed by atoms with Crippen molar-refractivity contribution in [3.8, 4) is 0 Å². The van der Waals surface area contributed by atoms with E-state index in [1.54, 1.807) is 32.3 Å². The first-order chi connectivity index (χ1) is 12.2. The van der Waals surface area contributed by atoms with Gasteiger partial charge in [-0.2, -0.15) is 0 Å². The van der Waals surface area contributed by atoms with Crippen molar-refractivity contribution in [1.29, 1.82) is 0 Å². The van der Waals surface area contributed by atoms with E-state index < -0.39 is 34.5 Å². The van der Waals surface area contributed by atoms with Crippen molar-refractivity contribution in [2.45, 2.75) is 64.8 Å². The third-order valence-corrected chi connectivity index (χ3v) is 5.71. The standard InChI is InChI=1S/C20H28N2O4/c1-5-10-20(18(25)26)15(14-8-7-11-21-13-14)9-12-22(20)17(24)16(23)19(3,4)6-2/h7-8,11,13,15H,5-6,9-10,12H2,1-4H3,(H,25,26)/p-1/t15?,20-/m0/s1. The van der Waals surface area contributed by atoms with Gasteiger partial charge >= 0.3 is 0 Å². The van der Waals surface area contributed by atoms with Crippen molar-refractivity contribution in [3.05, 3.63) is 30.1 Å². The fraction of sp³-hybridized carbons (Fsp3) is 0.600. The highest BCUT2D eigenvalue weighted by molar-refractivity contribution is 6.38. The summed E-state index contributed by atoms with van der Waals surface area (Å²) in [6, 6.07) is 3.56. The Morgan fingerprint density at radius 1 is 1.35 bits per heavy atom. The normalized spacial score (nSPS) is 23.1. The molecule has 2 atom stereocenters. The Labute approximate surface area is 154 Å². The van der Waals surface area contributed by atoms with Gasteiger partial charge in [-0.15, -0.1) is 0 Å². The van der Waals surface area contributed by atoms with Gasteiger partial charge in [-0.05, 0) is 30.9 Å². The molecule has 142 valence electrons. The molecule has 26 heavy (non-hydrogen) atoms. The molecule has 6 heteroatoms. The Balaban J connectivity index is 2.51. The van der Waals surface area contributed by atoms with E-state index in [0.29, 0.717) is 19.3 Å². The summed E-state index contributed by atoms with van der Waals surface area (Å²) < 4.78 is 0. The fourth-order valence-corrected chi connectivity index (χ4v) is 3.81. The molecule has 1 unspecified atom stereocenters. The summed E-state index contributed by atoms with van der Waals surface area (Å²) in [6.45, 7) is 7.35. The van der Waals surface area contributed by atoms with E-state index in [1.165, 1.54) is 4.90 Å². The van der Waals surface area contributed by atoms with E-state index in [0.717, 1.165) is 5.56 Å². The molecule has 0 radical (unpaired) electrons. The smallest absolute Gasteiger partial charge is 0.291 e. The number of nitrogens with zero attached hydrogens (tertiary/aromatic N) is 2. The van der Waals surface area contributed by atoms with Gasteiger partial charge in [0.25, 0.3) is 5.91 Å². The van der Waals surface area contributed by atoms with Crippen molar-refractivity contribution in [2.24, 2.45) is 5.41 Å². The number of Topliss-reactive ketones (excluding diaryl/α,β-unsaturated/α-hetero) is 1. The molecular weight excluding hydrogens is 332 g/mol. The molecule has 1 saturated heterocycles. The highest BCUT2D eigenvalue weighted by Gasteiger charge is 2.54. The maximum absolute atomic E-state index is 13.0. The van der Waals surface area contributed by atoms with E-state index in [2.05, 4.69) is 4.98 Å². The van der Waals surface area contributed by atoms with Crippen LogP contribution in [0.2, 0.25) is 0 Å². The van der Waals surface area contributed by atoms with Crippen LogP contribution >= 0.6 is 0 Å². The number of carbonyl (C=O) groups is 3. The average Bonchev–Trinajstić information content (AvgIpc) is 3.01. The molecule has 0 aromatic carbocycles. The summed E-state index contributed by atoms with van der Waals surface area (Å²) in [4.78, 5) is 43.4. The number of carboxylic acid groups (broad SMARTS) is 1. The molecule has 1 aliphatic rings. The van der Waals surface area contributed by atoms with Crippen LogP contribution in [0.5, 0.6) is 0 Å². The minimum atomic E-state index is -1.52. The number of carboxylic acids is 1. The van der Waals surface area contributed by atoms with E-state index in [-0.39, 0.29) is 13.0 Å². The molecule has 0 spiro atoms. The average molecular weight is 359 g/mol. The molecule has 1 aliphatic heterocycles. The minimum absolute atomic E-state index is 0.220. The second-order valence-corrected chi connectivity index (χ2v) is 7.61. The molecule has 6 nitrogen and oxygen atoms in total. The molecule has 2 heterocycles. The topological polar surface area (TPSA) is 90.4 Å². The Hall–Kier alpha value is -2.24. The van der Waals surface area contributed by atoms with Crippen LogP contribution in [-0.4, -0.2) is 39.6 Å². The predicted octanol–water partition coefficient (Wildman–Crippen LogP) is 1.69. The highest BCUT2D eigenvalue weighted by atomic mass is 16.4. The highest BCUT2D eigenvalue weighted by Crippen LogP contribution is 2.45. The first-order valence-corrected chi connectivity index (χ1v) is 9.20. The third kappa shape index (κ3) is 3.24. The molecule has 1 amide bonds. The number of aromatic nitrogens is 1. The summed E-state index contributed by atoms with van der Waals surface area (Å²) in [7, 11) is 0. The van der Waals surface area contributed by atoms with E-state index in [9.17, 15) is 19.5 Å². The second kappa shape index (κ2) is 7.56. The van der Waals surface area contributed by atoms with Crippen molar-refractivity contribution < 1.29 is 19.5 Å². The van der Waals surface area contributed by atoms with Gasteiger partial charge in [0, 0.05) is 30.3 Å². The van der Waals surface area contributed by atoms with Crippen LogP contribution in [0.1, 0.15) is 64.9 Å². The van der Waals surface area contributed by atoms with Gasteiger partial charge in [-0.3, -0.25) is 14.6 Å². The number of aliphatic carboxylic acids is 1. The maximum Gasteiger partial charge on any atom is 0.291 e. The van der Waals surface area contributed by atoms with Gasteiger partial charge in [0.05, 0.1) is 11.5 Å². The van der Waals surface area contributed by atoms with E-state index >= 15 is 0 Å². The van der Waals surface area contributed by atoms with Crippen molar-refractivity contribution in [2.75, 3.05) is 6.54 Å². The Bertz CT molecular complexity index is 686. The van der Waals surface area contributed by atoms with Crippen LogP contribution in [0.4, 0.5) is 0 Å². The third-order valence-electron chi connectivity index (χ3n) is 5.71. The number of amides is 1. The summed E-state index contributed by atoms with van der Waals surface area (Å²) in [5.74, 6) is -3.02. The number of ketones is 1. The summed E-state index contributed by atoms with van der Waals surface area (Å²) in [6.07, 6.45) is 5.01. The Morgan fingerprint density at radius 3 is 2.54 bits per heavy atom. The van der Waals surface area contributed by atoms with Crippen LogP contribution < -0.4 is 5.11 Å². The van der Waals surface area contributed by atoms with Crippen LogP contribution in [0.15, 0.2) is 24.5 Å². The van der Waals surface area contributed by atoms with Crippen LogP contribution in [0, 0.1) is 5.41 Å². The summed E-state index contributed by atoms with van der Waals surface area (Å²) in [5.41, 5.74) is -1.59. The number of pyridine rings is 1. The van der Waals surface area contributed by atoms with Gasteiger partial charge in [-0.25, -0.2) is 0 Å². The summed E-state index contributed by atoms with van der Waals surface area (Å²) in [5, 5.41) is 12.3. The second-order valence-electron chi connectivity index (χ2n) is 7.61.